The van der Waals surface area contributed by atoms with Gasteiger partial charge in [-0.05, 0) is 57.9 Å². The number of hydrogen-bond acceptors (Lipinski definition) is 4. The van der Waals surface area contributed by atoms with Crippen molar-refractivity contribution in [1.82, 2.24) is 0 Å². The molecule has 0 bridgehead atoms. The van der Waals surface area contributed by atoms with Crippen LogP contribution in [0, 0.1) is 0 Å². The van der Waals surface area contributed by atoms with Crippen LogP contribution in [0.5, 0.6) is 0 Å². The fourth-order valence-corrected chi connectivity index (χ4v) is 5.54. The monoisotopic (exact) mass is 548 g/mol. The molecule has 0 saturated heterocycles. The molecule has 1 aliphatic rings. The van der Waals surface area contributed by atoms with Crippen LogP contribution in [0.25, 0.3) is 0 Å². The second-order valence-corrected chi connectivity index (χ2v) is 12.0. The highest BCUT2D eigenvalue weighted by Gasteiger charge is 2.21. The second kappa shape index (κ2) is 25.8. The zero-order valence-corrected chi connectivity index (χ0v) is 25.9. The number of rotatable bonds is 28. The van der Waals surface area contributed by atoms with Gasteiger partial charge in [0.1, 0.15) is 6.10 Å². The molecule has 4 heteroatoms. The van der Waals surface area contributed by atoms with Gasteiger partial charge in [-0.1, -0.05) is 135 Å². The molecule has 4 nitrogen and oxygen atoms in total. The summed E-state index contributed by atoms with van der Waals surface area (Å²) in [5, 5.41) is 20.5. The van der Waals surface area contributed by atoms with Crippen LogP contribution >= 0.6 is 0 Å². The minimum Gasteiger partial charge on any atom is -0.455 e. The van der Waals surface area contributed by atoms with Crippen LogP contribution < -0.4 is 0 Å². The third-order valence-electron chi connectivity index (χ3n) is 8.15. The molecule has 0 saturated carbocycles. The molecule has 0 fully saturated rings. The third-order valence-corrected chi connectivity index (χ3v) is 8.15. The second-order valence-electron chi connectivity index (χ2n) is 12.0. The lowest BCUT2D eigenvalue weighted by Crippen LogP contribution is -2.25. The maximum Gasteiger partial charge on any atom is 0.334 e. The van der Waals surface area contributed by atoms with Gasteiger partial charge in [-0.25, -0.2) is 4.79 Å². The van der Waals surface area contributed by atoms with Crippen LogP contribution in [0.1, 0.15) is 174 Å². The number of hydrogen-bond donors (Lipinski definition) is 2. The number of carbonyl (C=O) groups excluding carboxylic acids is 1. The smallest absolute Gasteiger partial charge is 0.334 e. The molecule has 0 amide bonds. The molecule has 0 aromatic heterocycles. The van der Waals surface area contributed by atoms with E-state index in [1.165, 1.54) is 103 Å². The summed E-state index contributed by atoms with van der Waals surface area (Å²) in [5.74, 6) is -0.128. The standard InChI is InChI=1S/C35H64O4/c1-3-4-5-6-7-8-9-10-11-12-13-14-15-19-22-25-28-33(36)34(37)29-26-23-20-17-16-18-21-24-27-32-30-31(2)39-35(32)38/h19,22,30-31,33-34,36-37H,3-18,20-21,23-29H2,1-2H3. The molecule has 1 aliphatic heterocycles. The fourth-order valence-electron chi connectivity index (χ4n) is 5.54. The molecular formula is C35H64O4. The Labute approximate surface area is 242 Å². The number of aliphatic hydroxyl groups excluding tert-OH is 2. The zero-order valence-electron chi connectivity index (χ0n) is 25.9. The van der Waals surface area contributed by atoms with Gasteiger partial charge >= 0.3 is 5.97 Å². The highest BCUT2D eigenvalue weighted by atomic mass is 16.5. The van der Waals surface area contributed by atoms with E-state index in [0.29, 0.717) is 12.8 Å². The summed E-state index contributed by atoms with van der Waals surface area (Å²) in [6.07, 6.45) is 35.2. The molecule has 39 heavy (non-hydrogen) atoms. The van der Waals surface area contributed by atoms with Crippen molar-refractivity contribution in [2.24, 2.45) is 0 Å². The molecule has 0 spiro atoms. The Morgan fingerprint density at radius 1 is 0.667 bits per heavy atom. The van der Waals surface area contributed by atoms with Gasteiger partial charge in [0.15, 0.2) is 0 Å². The molecule has 3 unspecified atom stereocenters. The van der Waals surface area contributed by atoms with E-state index in [1.54, 1.807) is 0 Å². The summed E-state index contributed by atoms with van der Waals surface area (Å²) in [6.45, 7) is 4.19. The number of carbonyl (C=O) groups is 1. The molecule has 0 radical (unpaired) electrons. The molecule has 3 atom stereocenters. The fraction of sp³-hybridized carbons (Fsp3) is 0.857. The van der Waals surface area contributed by atoms with E-state index in [4.69, 9.17) is 4.74 Å². The Morgan fingerprint density at radius 3 is 1.67 bits per heavy atom. The van der Waals surface area contributed by atoms with Gasteiger partial charge in [-0.3, -0.25) is 0 Å². The lowest BCUT2D eigenvalue weighted by Gasteiger charge is -2.17. The summed E-state index contributed by atoms with van der Waals surface area (Å²) >= 11 is 0. The van der Waals surface area contributed by atoms with Gasteiger partial charge in [0.25, 0.3) is 0 Å². The van der Waals surface area contributed by atoms with Crippen LogP contribution in [0.4, 0.5) is 0 Å². The van der Waals surface area contributed by atoms with Crippen molar-refractivity contribution in [2.45, 2.75) is 193 Å². The maximum atomic E-state index is 11.6. The summed E-state index contributed by atoms with van der Waals surface area (Å²) in [6, 6.07) is 0. The molecule has 2 N–H and O–H groups in total. The summed E-state index contributed by atoms with van der Waals surface area (Å²) < 4.78 is 5.13. The van der Waals surface area contributed by atoms with Gasteiger partial charge in [0.2, 0.25) is 0 Å². The van der Waals surface area contributed by atoms with Crippen LogP contribution in [0.3, 0.4) is 0 Å². The van der Waals surface area contributed by atoms with Crippen molar-refractivity contribution in [2.75, 3.05) is 0 Å². The van der Waals surface area contributed by atoms with Crippen LogP contribution in [0.15, 0.2) is 23.8 Å². The molecule has 1 heterocycles. The van der Waals surface area contributed by atoms with Crippen molar-refractivity contribution in [3.05, 3.63) is 23.8 Å². The highest BCUT2D eigenvalue weighted by Crippen LogP contribution is 2.20. The first-order valence-electron chi connectivity index (χ1n) is 17.0. The number of aliphatic hydroxyl groups is 2. The van der Waals surface area contributed by atoms with Crippen LogP contribution in [-0.4, -0.2) is 34.5 Å². The summed E-state index contributed by atoms with van der Waals surface area (Å²) in [4.78, 5) is 11.6. The Bertz CT molecular complexity index is 626. The van der Waals surface area contributed by atoms with Gasteiger partial charge < -0.3 is 14.9 Å². The zero-order chi connectivity index (χ0) is 28.4. The van der Waals surface area contributed by atoms with E-state index in [2.05, 4.69) is 19.1 Å². The van der Waals surface area contributed by atoms with Crippen molar-refractivity contribution < 1.29 is 19.7 Å². The highest BCUT2D eigenvalue weighted by molar-refractivity contribution is 5.90. The van der Waals surface area contributed by atoms with Gasteiger partial charge in [-0.2, -0.15) is 0 Å². The van der Waals surface area contributed by atoms with Crippen LogP contribution in [-0.2, 0) is 9.53 Å². The van der Waals surface area contributed by atoms with Crippen molar-refractivity contribution in [3.8, 4) is 0 Å². The van der Waals surface area contributed by atoms with E-state index in [-0.39, 0.29) is 12.1 Å². The van der Waals surface area contributed by atoms with E-state index in [1.807, 2.05) is 13.0 Å². The van der Waals surface area contributed by atoms with Crippen molar-refractivity contribution >= 4 is 5.97 Å². The largest absolute Gasteiger partial charge is 0.455 e. The Kier molecular flexibility index (Phi) is 23.8. The quantitative estimate of drug-likeness (QED) is 0.0580. The molecule has 0 aromatic rings. The lowest BCUT2D eigenvalue weighted by molar-refractivity contribution is -0.139. The van der Waals surface area contributed by atoms with Gasteiger partial charge in [-0.15, -0.1) is 0 Å². The number of cyclic esters (lactones) is 1. The topological polar surface area (TPSA) is 66.8 Å². The van der Waals surface area contributed by atoms with Crippen molar-refractivity contribution in [3.63, 3.8) is 0 Å². The summed E-state index contributed by atoms with van der Waals surface area (Å²) in [7, 11) is 0. The van der Waals surface area contributed by atoms with E-state index >= 15 is 0 Å². The Morgan fingerprint density at radius 2 is 1.13 bits per heavy atom. The van der Waals surface area contributed by atoms with Crippen LogP contribution in [0.2, 0.25) is 0 Å². The van der Waals surface area contributed by atoms with Gasteiger partial charge in [0, 0.05) is 5.57 Å². The average molecular weight is 549 g/mol. The third kappa shape index (κ3) is 21.3. The predicted octanol–water partition coefficient (Wildman–Crippen LogP) is 9.91. The number of unbranched alkanes of at least 4 members (excludes halogenated alkanes) is 19. The Balaban J connectivity index is 1.82. The number of ether oxygens (including phenoxy) is 1. The molecule has 0 aliphatic carbocycles. The first-order chi connectivity index (χ1) is 19.0. The first kappa shape index (κ1) is 35.9. The molecule has 0 aromatic carbocycles. The van der Waals surface area contributed by atoms with E-state index in [9.17, 15) is 15.0 Å². The number of esters is 1. The lowest BCUT2D eigenvalue weighted by atomic mass is 10.0. The summed E-state index contributed by atoms with van der Waals surface area (Å²) in [5.41, 5.74) is 0.856. The number of allylic oxidation sites excluding steroid dienone is 2. The first-order valence-corrected chi connectivity index (χ1v) is 17.0. The Hall–Kier alpha value is -1.13. The van der Waals surface area contributed by atoms with Gasteiger partial charge in [0.05, 0.1) is 12.2 Å². The predicted molar refractivity (Wildman–Crippen MR) is 166 cm³/mol. The van der Waals surface area contributed by atoms with E-state index < -0.39 is 12.2 Å². The average Bonchev–Trinajstić information content (AvgIpc) is 3.25. The molecule has 1 rings (SSSR count). The molecular weight excluding hydrogens is 484 g/mol. The molecule has 228 valence electrons. The maximum absolute atomic E-state index is 11.6. The minimum absolute atomic E-state index is 0.0530. The SMILES string of the molecule is CCCCCCCCCCCCCCC=CCCC(O)C(O)CCCCCCCCCCC1=CC(C)OC1=O. The van der Waals surface area contributed by atoms with E-state index in [0.717, 1.165) is 50.5 Å². The van der Waals surface area contributed by atoms with Crippen molar-refractivity contribution in [1.29, 1.82) is 0 Å². The minimum atomic E-state index is -0.600. The normalized spacial score (nSPS) is 17.1.